The van der Waals surface area contributed by atoms with E-state index in [0.29, 0.717) is 11.1 Å². The number of hydrogen-bond acceptors (Lipinski definition) is 3. The van der Waals surface area contributed by atoms with E-state index >= 15 is 0 Å². The summed E-state index contributed by atoms with van der Waals surface area (Å²) in [4.78, 5) is 11.6. The average molecular weight is 227 g/mol. The maximum absolute atomic E-state index is 11.6. The highest BCUT2D eigenvalue weighted by Crippen LogP contribution is 2.11. The number of alkyl halides is 1. The fourth-order valence-electron chi connectivity index (χ4n) is 1.22. The largest absolute Gasteiger partial charge is 0.409 e. The first-order valence-corrected chi connectivity index (χ1v) is 4.90. The fraction of sp³-hybridized carbons (Fsp3) is 0.200. The number of benzene rings is 1. The number of Topliss-reactive ketones (excluding diaryl/α,β-unsaturated/α-hetero) is 1. The van der Waals surface area contributed by atoms with Gasteiger partial charge in [-0.15, -0.1) is 11.6 Å². The highest BCUT2D eigenvalue weighted by molar-refractivity contribution is 6.20. The van der Waals surface area contributed by atoms with Crippen LogP contribution in [0.25, 0.3) is 0 Å². The number of hydrogen-bond donors (Lipinski definition) is 2. The predicted octanol–water partition coefficient (Wildman–Crippen LogP) is 1.59. The molecule has 0 bridgehead atoms. The van der Waals surface area contributed by atoms with E-state index in [4.69, 9.17) is 22.5 Å². The topological polar surface area (TPSA) is 75.7 Å². The third-order valence-corrected chi connectivity index (χ3v) is 2.12. The Labute approximate surface area is 92.3 Å². The Bertz CT molecular complexity index is 391. The highest BCUT2D eigenvalue weighted by Gasteiger charge is 2.12. The van der Waals surface area contributed by atoms with E-state index in [1.54, 1.807) is 24.3 Å². The third-order valence-electron chi connectivity index (χ3n) is 1.93. The summed E-state index contributed by atoms with van der Waals surface area (Å²) in [5, 5.41) is 11.4. The Morgan fingerprint density at radius 1 is 1.40 bits per heavy atom. The Balaban J connectivity index is 3.12. The SMILES string of the molecule is NC(=NO)c1ccccc1C(=O)CCCl. The Morgan fingerprint density at radius 3 is 2.53 bits per heavy atom. The molecule has 4 nitrogen and oxygen atoms in total. The van der Waals surface area contributed by atoms with Gasteiger partial charge in [0, 0.05) is 23.4 Å². The lowest BCUT2D eigenvalue weighted by molar-refractivity contribution is 0.0989. The van der Waals surface area contributed by atoms with Gasteiger partial charge in [-0.3, -0.25) is 4.79 Å². The number of carbonyl (C=O) groups is 1. The van der Waals surface area contributed by atoms with Crippen LogP contribution >= 0.6 is 11.6 Å². The molecule has 1 aromatic rings. The molecule has 0 fully saturated rings. The molecular formula is C10H11ClN2O2. The molecule has 0 aromatic heterocycles. The van der Waals surface area contributed by atoms with Gasteiger partial charge in [0.05, 0.1) is 0 Å². The second-order valence-electron chi connectivity index (χ2n) is 2.89. The van der Waals surface area contributed by atoms with Crippen molar-refractivity contribution in [3.63, 3.8) is 0 Å². The van der Waals surface area contributed by atoms with Gasteiger partial charge in [-0.25, -0.2) is 0 Å². The lowest BCUT2D eigenvalue weighted by Gasteiger charge is -2.05. The molecule has 1 aromatic carbocycles. The molecule has 0 saturated carbocycles. The number of oxime groups is 1. The summed E-state index contributed by atoms with van der Waals surface area (Å²) >= 11 is 5.48. The molecule has 15 heavy (non-hydrogen) atoms. The van der Waals surface area contributed by atoms with Gasteiger partial charge in [-0.2, -0.15) is 0 Å². The first kappa shape index (κ1) is 11.5. The second-order valence-corrected chi connectivity index (χ2v) is 3.27. The lowest BCUT2D eigenvalue weighted by Crippen LogP contribution is -2.17. The van der Waals surface area contributed by atoms with Crippen molar-refractivity contribution in [1.29, 1.82) is 0 Å². The smallest absolute Gasteiger partial charge is 0.170 e. The molecule has 0 saturated heterocycles. The summed E-state index contributed by atoms with van der Waals surface area (Å²) in [7, 11) is 0. The van der Waals surface area contributed by atoms with Gasteiger partial charge in [0.15, 0.2) is 11.6 Å². The fourth-order valence-corrected chi connectivity index (χ4v) is 1.40. The van der Waals surface area contributed by atoms with Crippen LogP contribution in [-0.2, 0) is 0 Å². The van der Waals surface area contributed by atoms with Crippen molar-refractivity contribution >= 4 is 23.2 Å². The molecular weight excluding hydrogens is 216 g/mol. The highest BCUT2D eigenvalue weighted by atomic mass is 35.5. The summed E-state index contributed by atoms with van der Waals surface area (Å²) in [5.74, 6) is 0.0595. The van der Waals surface area contributed by atoms with Crippen LogP contribution in [0.5, 0.6) is 0 Å². The molecule has 1 rings (SSSR count). The predicted molar refractivity (Wildman–Crippen MR) is 58.6 cm³/mol. The second kappa shape index (κ2) is 5.36. The molecule has 0 aliphatic rings. The van der Waals surface area contributed by atoms with Crippen LogP contribution in [0.1, 0.15) is 22.3 Å². The van der Waals surface area contributed by atoms with Crippen molar-refractivity contribution in [2.45, 2.75) is 6.42 Å². The summed E-state index contributed by atoms with van der Waals surface area (Å²) in [5.41, 5.74) is 6.29. The van der Waals surface area contributed by atoms with Crippen LogP contribution in [0.2, 0.25) is 0 Å². The van der Waals surface area contributed by atoms with Gasteiger partial charge in [0.25, 0.3) is 0 Å². The number of amidine groups is 1. The van der Waals surface area contributed by atoms with Crippen LogP contribution < -0.4 is 5.73 Å². The van der Waals surface area contributed by atoms with E-state index in [-0.39, 0.29) is 23.9 Å². The average Bonchev–Trinajstić information content (AvgIpc) is 2.28. The standard InChI is InChI=1S/C10H11ClN2O2/c11-6-5-9(14)7-3-1-2-4-8(7)10(12)13-15/h1-4,15H,5-6H2,(H2,12,13). The van der Waals surface area contributed by atoms with Crippen LogP contribution in [-0.4, -0.2) is 22.7 Å². The molecule has 0 amide bonds. The number of nitrogens with zero attached hydrogens (tertiary/aromatic N) is 1. The molecule has 0 radical (unpaired) electrons. The molecule has 0 aliphatic carbocycles. The lowest BCUT2D eigenvalue weighted by atomic mass is 10.0. The van der Waals surface area contributed by atoms with E-state index in [9.17, 15) is 4.79 Å². The van der Waals surface area contributed by atoms with Crippen LogP contribution in [0, 0.1) is 0 Å². The molecule has 80 valence electrons. The molecule has 0 unspecified atom stereocenters. The van der Waals surface area contributed by atoms with Gasteiger partial charge in [0.1, 0.15) is 0 Å². The molecule has 0 aliphatic heterocycles. The molecule has 0 heterocycles. The van der Waals surface area contributed by atoms with Gasteiger partial charge in [-0.05, 0) is 0 Å². The minimum absolute atomic E-state index is 0.0754. The van der Waals surface area contributed by atoms with E-state index in [1.165, 1.54) is 0 Å². The van der Waals surface area contributed by atoms with Crippen molar-refractivity contribution < 1.29 is 10.0 Å². The Morgan fingerprint density at radius 2 is 2.00 bits per heavy atom. The number of ketones is 1. The Hall–Kier alpha value is -1.55. The van der Waals surface area contributed by atoms with Crippen molar-refractivity contribution in [2.24, 2.45) is 10.9 Å². The maximum Gasteiger partial charge on any atom is 0.170 e. The number of rotatable bonds is 4. The van der Waals surface area contributed by atoms with Crippen molar-refractivity contribution in [3.05, 3.63) is 35.4 Å². The minimum atomic E-state index is -0.118. The van der Waals surface area contributed by atoms with Gasteiger partial charge < -0.3 is 10.9 Å². The zero-order chi connectivity index (χ0) is 11.3. The van der Waals surface area contributed by atoms with Gasteiger partial charge >= 0.3 is 0 Å². The van der Waals surface area contributed by atoms with E-state index < -0.39 is 0 Å². The summed E-state index contributed by atoms with van der Waals surface area (Å²) in [6.07, 6.45) is 0.233. The zero-order valence-electron chi connectivity index (χ0n) is 7.98. The first-order chi connectivity index (χ1) is 7.20. The molecule has 0 atom stereocenters. The van der Waals surface area contributed by atoms with Crippen LogP contribution in [0.15, 0.2) is 29.4 Å². The zero-order valence-corrected chi connectivity index (χ0v) is 8.74. The summed E-state index contributed by atoms with van der Waals surface area (Å²) < 4.78 is 0. The normalized spacial score (nSPS) is 11.4. The van der Waals surface area contributed by atoms with Gasteiger partial charge in [-0.1, -0.05) is 29.4 Å². The summed E-state index contributed by atoms with van der Waals surface area (Å²) in [6, 6.07) is 6.68. The van der Waals surface area contributed by atoms with Crippen molar-refractivity contribution in [1.82, 2.24) is 0 Å². The quantitative estimate of drug-likeness (QED) is 0.204. The van der Waals surface area contributed by atoms with E-state index in [1.807, 2.05) is 0 Å². The van der Waals surface area contributed by atoms with Crippen molar-refractivity contribution in [3.8, 4) is 0 Å². The number of nitrogens with two attached hydrogens (primary N) is 1. The third kappa shape index (κ3) is 2.70. The minimum Gasteiger partial charge on any atom is -0.409 e. The monoisotopic (exact) mass is 226 g/mol. The van der Waals surface area contributed by atoms with Crippen molar-refractivity contribution in [2.75, 3.05) is 5.88 Å². The number of halogens is 1. The molecule has 0 spiro atoms. The van der Waals surface area contributed by atoms with E-state index in [0.717, 1.165) is 0 Å². The van der Waals surface area contributed by atoms with E-state index in [2.05, 4.69) is 5.16 Å². The molecule has 3 N–H and O–H groups in total. The van der Waals surface area contributed by atoms with Crippen LogP contribution in [0.3, 0.4) is 0 Å². The molecule has 5 heteroatoms. The Kier molecular flexibility index (Phi) is 4.12. The maximum atomic E-state index is 11.6. The number of carbonyl (C=O) groups excluding carboxylic acids is 1. The summed E-state index contributed by atoms with van der Waals surface area (Å²) in [6.45, 7) is 0. The van der Waals surface area contributed by atoms with Gasteiger partial charge in [0.2, 0.25) is 0 Å². The van der Waals surface area contributed by atoms with Crippen LogP contribution in [0.4, 0.5) is 0 Å². The first-order valence-electron chi connectivity index (χ1n) is 4.36.